The summed E-state index contributed by atoms with van der Waals surface area (Å²) in [6.07, 6.45) is 10.9. The van der Waals surface area contributed by atoms with Crippen molar-refractivity contribution in [3.8, 4) is 0 Å². The van der Waals surface area contributed by atoms with E-state index in [1.54, 1.807) is 10.7 Å². The molecule has 6 nitrogen and oxygen atoms in total. The number of nitrogens with zero attached hydrogens (tertiary/aromatic N) is 4. The van der Waals surface area contributed by atoms with E-state index >= 15 is 0 Å². The summed E-state index contributed by atoms with van der Waals surface area (Å²) in [5.41, 5.74) is 7.98. The highest BCUT2D eigenvalue weighted by Gasteiger charge is 2.27. The van der Waals surface area contributed by atoms with E-state index in [9.17, 15) is 4.79 Å². The molecule has 3 heterocycles. The van der Waals surface area contributed by atoms with Gasteiger partial charge in [-0.2, -0.15) is 5.10 Å². The van der Waals surface area contributed by atoms with Crippen LogP contribution in [0.25, 0.3) is 5.52 Å². The van der Waals surface area contributed by atoms with Crippen LogP contribution >= 0.6 is 0 Å². The fourth-order valence-electron chi connectivity index (χ4n) is 4.42. The topological polar surface area (TPSA) is 76.5 Å². The monoisotopic (exact) mass is 341 g/mol. The Hall–Kier alpha value is -2.11. The largest absolute Gasteiger partial charge is 0.368 e. The average Bonchev–Trinajstić information content (AvgIpc) is 3.31. The van der Waals surface area contributed by atoms with Gasteiger partial charge in [0.25, 0.3) is 0 Å². The zero-order valence-corrected chi connectivity index (χ0v) is 14.7. The molecular weight excluding hydrogens is 314 g/mol. The van der Waals surface area contributed by atoms with E-state index in [-0.39, 0.29) is 5.92 Å². The SMILES string of the molecule is Nc1nc([C@H]2CCCN(C(=O)CCC3CCCC3)C2)cc2ccnn12. The van der Waals surface area contributed by atoms with Crippen LogP contribution in [0, 0.1) is 5.92 Å². The number of piperidine rings is 1. The smallest absolute Gasteiger partial charge is 0.222 e. The van der Waals surface area contributed by atoms with Gasteiger partial charge in [-0.25, -0.2) is 9.50 Å². The summed E-state index contributed by atoms with van der Waals surface area (Å²) in [4.78, 5) is 19.2. The van der Waals surface area contributed by atoms with Crippen LogP contribution in [-0.2, 0) is 4.79 Å². The molecule has 4 rings (SSSR count). The van der Waals surface area contributed by atoms with Gasteiger partial charge < -0.3 is 10.6 Å². The normalized spacial score (nSPS) is 21.9. The summed E-state index contributed by atoms with van der Waals surface area (Å²) in [7, 11) is 0. The molecule has 0 bridgehead atoms. The molecule has 0 aromatic carbocycles. The number of amides is 1. The molecule has 2 aromatic rings. The number of hydrogen-bond donors (Lipinski definition) is 1. The van der Waals surface area contributed by atoms with E-state index in [4.69, 9.17) is 5.73 Å². The molecule has 0 radical (unpaired) electrons. The molecule has 1 amide bonds. The molecule has 1 aliphatic carbocycles. The van der Waals surface area contributed by atoms with Crippen LogP contribution in [0.3, 0.4) is 0 Å². The van der Waals surface area contributed by atoms with Gasteiger partial charge in [-0.15, -0.1) is 0 Å². The minimum atomic E-state index is 0.270. The van der Waals surface area contributed by atoms with Crippen LogP contribution in [0.2, 0.25) is 0 Å². The maximum atomic E-state index is 12.6. The van der Waals surface area contributed by atoms with Crippen molar-refractivity contribution in [3.05, 3.63) is 24.0 Å². The Balaban J connectivity index is 1.41. The Morgan fingerprint density at radius 3 is 2.92 bits per heavy atom. The van der Waals surface area contributed by atoms with E-state index in [1.807, 2.05) is 11.0 Å². The number of nitrogen functional groups attached to an aromatic ring is 1. The van der Waals surface area contributed by atoms with Gasteiger partial charge in [0.1, 0.15) is 0 Å². The Kier molecular flexibility index (Phi) is 4.59. The quantitative estimate of drug-likeness (QED) is 0.927. The van der Waals surface area contributed by atoms with Crippen LogP contribution in [0.15, 0.2) is 18.3 Å². The van der Waals surface area contributed by atoms with Crippen molar-refractivity contribution in [2.24, 2.45) is 5.92 Å². The number of carbonyl (C=O) groups excluding carboxylic acids is 1. The summed E-state index contributed by atoms with van der Waals surface area (Å²) in [5.74, 6) is 1.78. The highest BCUT2D eigenvalue weighted by Crippen LogP contribution is 2.30. The maximum absolute atomic E-state index is 12.6. The standard InChI is InChI=1S/C19H27N5O/c20-19-22-17(12-16-9-10-21-24(16)19)15-6-3-11-23(13-15)18(25)8-7-14-4-1-2-5-14/h9-10,12,14-15H,1-8,11,13H2,(H2,20,22)/t15-/m0/s1. The average molecular weight is 341 g/mol. The van der Waals surface area contributed by atoms with Gasteiger partial charge >= 0.3 is 0 Å². The molecule has 1 saturated heterocycles. The van der Waals surface area contributed by atoms with Gasteiger partial charge in [-0.3, -0.25) is 4.79 Å². The Bertz CT molecular complexity index is 749. The van der Waals surface area contributed by atoms with E-state index in [1.165, 1.54) is 25.7 Å². The fourth-order valence-corrected chi connectivity index (χ4v) is 4.42. The van der Waals surface area contributed by atoms with Crippen LogP contribution in [-0.4, -0.2) is 38.5 Å². The number of rotatable bonds is 4. The minimum Gasteiger partial charge on any atom is -0.368 e. The predicted octanol–water partition coefficient (Wildman–Crippen LogP) is 2.99. The lowest BCUT2D eigenvalue weighted by atomic mass is 9.93. The first-order valence-electron chi connectivity index (χ1n) is 9.58. The molecule has 2 N–H and O–H groups in total. The highest BCUT2D eigenvalue weighted by atomic mass is 16.2. The molecule has 1 saturated carbocycles. The first-order valence-corrected chi connectivity index (χ1v) is 9.58. The lowest BCUT2D eigenvalue weighted by Crippen LogP contribution is -2.39. The lowest BCUT2D eigenvalue weighted by molar-refractivity contribution is -0.132. The number of carbonyl (C=O) groups is 1. The van der Waals surface area contributed by atoms with Crippen molar-refractivity contribution in [2.75, 3.05) is 18.8 Å². The third-order valence-electron chi connectivity index (χ3n) is 5.86. The number of nitrogens with two attached hydrogens (primary N) is 1. The molecule has 25 heavy (non-hydrogen) atoms. The van der Waals surface area contributed by atoms with Crippen LogP contribution in [0.5, 0.6) is 0 Å². The number of likely N-dealkylation sites (tertiary alicyclic amines) is 1. The minimum absolute atomic E-state index is 0.270. The second-order valence-corrected chi connectivity index (χ2v) is 7.58. The zero-order valence-electron chi connectivity index (χ0n) is 14.7. The van der Waals surface area contributed by atoms with E-state index in [0.29, 0.717) is 18.3 Å². The van der Waals surface area contributed by atoms with Gasteiger partial charge in [-0.1, -0.05) is 25.7 Å². The molecular formula is C19H27N5O. The molecule has 6 heteroatoms. The van der Waals surface area contributed by atoms with E-state index in [0.717, 1.165) is 49.5 Å². The Morgan fingerprint density at radius 1 is 1.24 bits per heavy atom. The third-order valence-corrected chi connectivity index (χ3v) is 5.86. The second-order valence-electron chi connectivity index (χ2n) is 7.58. The van der Waals surface area contributed by atoms with Gasteiger partial charge in [0.05, 0.1) is 17.4 Å². The lowest BCUT2D eigenvalue weighted by Gasteiger charge is -2.33. The second kappa shape index (κ2) is 7.02. The van der Waals surface area contributed by atoms with Gasteiger partial charge in [-0.05, 0) is 37.3 Å². The molecule has 1 atom stereocenters. The van der Waals surface area contributed by atoms with Gasteiger partial charge in [0, 0.05) is 25.4 Å². The van der Waals surface area contributed by atoms with Crippen molar-refractivity contribution in [3.63, 3.8) is 0 Å². The van der Waals surface area contributed by atoms with Crippen molar-refractivity contribution < 1.29 is 4.79 Å². The third kappa shape index (κ3) is 3.48. The summed E-state index contributed by atoms with van der Waals surface area (Å²) in [6.45, 7) is 1.64. The molecule has 1 aliphatic heterocycles. The fraction of sp³-hybridized carbons (Fsp3) is 0.632. The van der Waals surface area contributed by atoms with E-state index < -0.39 is 0 Å². The van der Waals surface area contributed by atoms with Crippen LogP contribution in [0.4, 0.5) is 5.95 Å². The summed E-state index contributed by atoms with van der Waals surface area (Å²) < 4.78 is 1.65. The van der Waals surface area contributed by atoms with Crippen LogP contribution in [0.1, 0.15) is 63.0 Å². The number of anilines is 1. The molecule has 2 fully saturated rings. The molecule has 2 aliphatic rings. The summed E-state index contributed by atoms with van der Waals surface area (Å²) >= 11 is 0. The zero-order chi connectivity index (χ0) is 17.2. The summed E-state index contributed by atoms with van der Waals surface area (Å²) in [5, 5.41) is 4.17. The number of aromatic nitrogens is 3. The summed E-state index contributed by atoms with van der Waals surface area (Å²) in [6, 6.07) is 4.00. The van der Waals surface area contributed by atoms with Crippen molar-refractivity contribution >= 4 is 17.4 Å². The number of hydrogen-bond acceptors (Lipinski definition) is 4. The van der Waals surface area contributed by atoms with Gasteiger partial charge in [0.2, 0.25) is 11.9 Å². The predicted molar refractivity (Wildman–Crippen MR) is 97.1 cm³/mol. The molecule has 0 unspecified atom stereocenters. The molecule has 0 spiro atoms. The van der Waals surface area contributed by atoms with Gasteiger partial charge in [0.15, 0.2) is 0 Å². The van der Waals surface area contributed by atoms with Crippen LogP contribution < -0.4 is 5.73 Å². The van der Waals surface area contributed by atoms with E-state index in [2.05, 4.69) is 16.1 Å². The first-order chi connectivity index (χ1) is 12.2. The first kappa shape index (κ1) is 16.4. The van der Waals surface area contributed by atoms with Crippen molar-refractivity contribution in [1.29, 1.82) is 0 Å². The van der Waals surface area contributed by atoms with Crippen molar-refractivity contribution in [2.45, 2.75) is 57.3 Å². The highest BCUT2D eigenvalue weighted by molar-refractivity contribution is 5.76. The Labute approximate surface area is 148 Å². The Morgan fingerprint density at radius 2 is 2.08 bits per heavy atom. The maximum Gasteiger partial charge on any atom is 0.222 e. The van der Waals surface area contributed by atoms with Crippen molar-refractivity contribution in [1.82, 2.24) is 19.5 Å². The molecule has 134 valence electrons. The molecule has 2 aromatic heterocycles. The number of fused-ring (bicyclic) bond motifs is 1.